The standard InChI is InChI=1S/C15H21BrO3/c1-17-14-5-3-2-4-13(14)15(10-16)19-11-12-6-8-18-9-7-12/h2-5,12,15H,6-11H2,1H3. The maximum atomic E-state index is 6.08. The fraction of sp³-hybridized carbons (Fsp3) is 0.600. The van der Waals surface area contributed by atoms with Gasteiger partial charge in [0.15, 0.2) is 0 Å². The van der Waals surface area contributed by atoms with Crippen molar-refractivity contribution >= 4 is 15.9 Å². The molecular formula is C15H21BrO3. The molecular weight excluding hydrogens is 308 g/mol. The average molecular weight is 329 g/mol. The molecule has 1 fully saturated rings. The van der Waals surface area contributed by atoms with Gasteiger partial charge in [-0.1, -0.05) is 34.1 Å². The van der Waals surface area contributed by atoms with Crippen LogP contribution in [0, 0.1) is 5.92 Å². The predicted molar refractivity (Wildman–Crippen MR) is 79.0 cm³/mol. The molecule has 0 aliphatic carbocycles. The van der Waals surface area contributed by atoms with Gasteiger partial charge in [0.2, 0.25) is 0 Å². The van der Waals surface area contributed by atoms with Crippen LogP contribution in [0.4, 0.5) is 0 Å². The van der Waals surface area contributed by atoms with Crippen LogP contribution in [0.3, 0.4) is 0 Å². The molecule has 106 valence electrons. The summed E-state index contributed by atoms with van der Waals surface area (Å²) in [5, 5.41) is 0.774. The van der Waals surface area contributed by atoms with Crippen molar-refractivity contribution in [3.8, 4) is 5.75 Å². The van der Waals surface area contributed by atoms with E-state index in [2.05, 4.69) is 22.0 Å². The normalized spacial score (nSPS) is 18.2. The molecule has 3 nitrogen and oxygen atoms in total. The average Bonchev–Trinajstić information content (AvgIpc) is 2.49. The number of alkyl halides is 1. The topological polar surface area (TPSA) is 27.7 Å². The largest absolute Gasteiger partial charge is 0.496 e. The number of hydrogen-bond acceptors (Lipinski definition) is 3. The third-order valence-corrected chi connectivity index (χ3v) is 4.09. The predicted octanol–water partition coefficient (Wildman–Crippen LogP) is 3.57. The molecule has 1 heterocycles. The van der Waals surface area contributed by atoms with E-state index in [0.29, 0.717) is 5.92 Å². The molecule has 1 aliphatic heterocycles. The number of benzene rings is 1. The molecule has 0 aromatic heterocycles. The van der Waals surface area contributed by atoms with Gasteiger partial charge in [0.05, 0.1) is 19.8 Å². The van der Waals surface area contributed by atoms with Gasteiger partial charge in [-0.15, -0.1) is 0 Å². The number of hydrogen-bond donors (Lipinski definition) is 0. The van der Waals surface area contributed by atoms with E-state index in [4.69, 9.17) is 14.2 Å². The first-order chi connectivity index (χ1) is 9.35. The first-order valence-corrected chi connectivity index (χ1v) is 7.85. The van der Waals surface area contributed by atoms with E-state index in [-0.39, 0.29) is 6.10 Å². The highest BCUT2D eigenvalue weighted by Gasteiger charge is 2.19. The van der Waals surface area contributed by atoms with Gasteiger partial charge < -0.3 is 14.2 Å². The second kappa shape index (κ2) is 7.88. The van der Waals surface area contributed by atoms with Crippen molar-refractivity contribution < 1.29 is 14.2 Å². The van der Waals surface area contributed by atoms with Crippen LogP contribution in [0.1, 0.15) is 24.5 Å². The zero-order valence-corrected chi connectivity index (χ0v) is 12.9. The maximum absolute atomic E-state index is 6.08. The molecule has 0 amide bonds. The molecule has 1 aliphatic rings. The van der Waals surface area contributed by atoms with Gasteiger partial charge in [0.25, 0.3) is 0 Å². The second-order valence-electron chi connectivity index (χ2n) is 4.77. The van der Waals surface area contributed by atoms with Crippen LogP contribution in [0.2, 0.25) is 0 Å². The first-order valence-electron chi connectivity index (χ1n) is 6.73. The van der Waals surface area contributed by atoms with Gasteiger partial charge in [-0.05, 0) is 24.8 Å². The maximum Gasteiger partial charge on any atom is 0.124 e. The Kier molecular flexibility index (Phi) is 6.14. The summed E-state index contributed by atoms with van der Waals surface area (Å²) in [5.74, 6) is 1.50. The zero-order chi connectivity index (χ0) is 13.5. The molecule has 0 spiro atoms. The highest BCUT2D eigenvalue weighted by atomic mass is 79.9. The van der Waals surface area contributed by atoms with Crippen LogP contribution in [-0.2, 0) is 9.47 Å². The molecule has 1 atom stereocenters. The summed E-state index contributed by atoms with van der Waals surface area (Å²) in [6, 6.07) is 8.04. The molecule has 1 aromatic rings. The van der Waals surface area contributed by atoms with Crippen LogP contribution in [0.25, 0.3) is 0 Å². The molecule has 0 bridgehead atoms. The molecule has 1 saturated heterocycles. The summed E-state index contributed by atoms with van der Waals surface area (Å²) in [5.41, 5.74) is 1.11. The quantitative estimate of drug-likeness (QED) is 0.747. The summed E-state index contributed by atoms with van der Waals surface area (Å²) in [4.78, 5) is 0. The molecule has 1 unspecified atom stereocenters. The van der Waals surface area contributed by atoms with E-state index in [1.54, 1.807) is 7.11 Å². The Morgan fingerprint density at radius 1 is 1.32 bits per heavy atom. The van der Waals surface area contributed by atoms with Crippen LogP contribution in [0.15, 0.2) is 24.3 Å². The SMILES string of the molecule is COc1ccccc1C(CBr)OCC1CCOCC1. The number of rotatable bonds is 6. The lowest BCUT2D eigenvalue weighted by atomic mass is 10.0. The third-order valence-electron chi connectivity index (χ3n) is 3.50. The van der Waals surface area contributed by atoms with Crippen LogP contribution >= 0.6 is 15.9 Å². The van der Waals surface area contributed by atoms with Crippen molar-refractivity contribution in [1.29, 1.82) is 0 Å². The van der Waals surface area contributed by atoms with Crippen molar-refractivity contribution in [2.45, 2.75) is 18.9 Å². The molecule has 0 radical (unpaired) electrons. The minimum absolute atomic E-state index is 0.0407. The number of para-hydroxylation sites is 1. The van der Waals surface area contributed by atoms with E-state index in [1.165, 1.54) is 0 Å². The van der Waals surface area contributed by atoms with E-state index in [0.717, 1.165) is 49.3 Å². The lowest BCUT2D eigenvalue weighted by Crippen LogP contribution is -2.21. The summed E-state index contributed by atoms with van der Waals surface area (Å²) < 4.78 is 16.8. The molecule has 19 heavy (non-hydrogen) atoms. The lowest BCUT2D eigenvalue weighted by molar-refractivity contribution is -0.00433. The minimum atomic E-state index is 0.0407. The number of ether oxygens (including phenoxy) is 3. The van der Waals surface area contributed by atoms with E-state index in [9.17, 15) is 0 Å². The van der Waals surface area contributed by atoms with Gasteiger partial charge in [0, 0.05) is 24.1 Å². The molecule has 0 saturated carbocycles. The monoisotopic (exact) mass is 328 g/mol. The highest BCUT2D eigenvalue weighted by Crippen LogP contribution is 2.30. The van der Waals surface area contributed by atoms with Crippen LogP contribution in [0.5, 0.6) is 5.75 Å². The Balaban J connectivity index is 1.95. The highest BCUT2D eigenvalue weighted by molar-refractivity contribution is 9.09. The minimum Gasteiger partial charge on any atom is -0.496 e. The van der Waals surface area contributed by atoms with Crippen molar-refractivity contribution in [3.05, 3.63) is 29.8 Å². The Hall–Kier alpha value is -0.580. The van der Waals surface area contributed by atoms with Crippen molar-refractivity contribution in [2.75, 3.05) is 32.3 Å². The molecule has 2 rings (SSSR count). The van der Waals surface area contributed by atoms with Crippen molar-refractivity contribution in [2.24, 2.45) is 5.92 Å². The van der Waals surface area contributed by atoms with Gasteiger partial charge >= 0.3 is 0 Å². The van der Waals surface area contributed by atoms with Crippen LogP contribution < -0.4 is 4.74 Å². The third kappa shape index (κ3) is 4.20. The molecule has 0 N–H and O–H groups in total. The first kappa shape index (κ1) is 14.8. The summed E-state index contributed by atoms with van der Waals surface area (Å²) in [6.07, 6.45) is 2.24. The number of halogens is 1. The Bertz CT molecular complexity index is 377. The van der Waals surface area contributed by atoms with E-state index < -0.39 is 0 Å². The van der Waals surface area contributed by atoms with E-state index >= 15 is 0 Å². The van der Waals surface area contributed by atoms with Crippen LogP contribution in [-0.4, -0.2) is 32.3 Å². The number of methoxy groups -OCH3 is 1. The molecule has 1 aromatic carbocycles. The van der Waals surface area contributed by atoms with Crippen molar-refractivity contribution in [1.82, 2.24) is 0 Å². The Labute approximate surface area is 123 Å². The van der Waals surface area contributed by atoms with E-state index in [1.807, 2.05) is 18.2 Å². The summed E-state index contributed by atoms with van der Waals surface area (Å²) in [7, 11) is 1.70. The fourth-order valence-corrected chi connectivity index (χ4v) is 2.85. The van der Waals surface area contributed by atoms with Gasteiger partial charge in [-0.2, -0.15) is 0 Å². The Morgan fingerprint density at radius 3 is 2.74 bits per heavy atom. The summed E-state index contributed by atoms with van der Waals surface area (Å²) >= 11 is 3.54. The smallest absolute Gasteiger partial charge is 0.124 e. The molecule has 4 heteroatoms. The Morgan fingerprint density at radius 2 is 2.05 bits per heavy atom. The second-order valence-corrected chi connectivity index (χ2v) is 5.42. The van der Waals surface area contributed by atoms with Gasteiger partial charge in [-0.3, -0.25) is 0 Å². The zero-order valence-electron chi connectivity index (χ0n) is 11.3. The fourth-order valence-electron chi connectivity index (χ4n) is 2.32. The lowest BCUT2D eigenvalue weighted by Gasteiger charge is -2.25. The van der Waals surface area contributed by atoms with Gasteiger partial charge in [-0.25, -0.2) is 0 Å². The van der Waals surface area contributed by atoms with Crippen molar-refractivity contribution in [3.63, 3.8) is 0 Å². The summed E-state index contributed by atoms with van der Waals surface area (Å²) in [6.45, 7) is 2.51. The van der Waals surface area contributed by atoms with Gasteiger partial charge in [0.1, 0.15) is 5.75 Å².